The third kappa shape index (κ3) is 3.02. The number of amides is 3. The van der Waals surface area contributed by atoms with Gasteiger partial charge in [0.25, 0.3) is 0 Å². The van der Waals surface area contributed by atoms with Gasteiger partial charge < -0.3 is 16.8 Å². The highest BCUT2D eigenvalue weighted by molar-refractivity contribution is 5.87. The molecule has 78 valence electrons. The lowest BCUT2D eigenvalue weighted by molar-refractivity contribution is -0.125. The summed E-state index contributed by atoms with van der Waals surface area (Å²) in [5.74, 6) is -1.38. The van der Waals surface area contributed by atoms with Crippen LogP contribution < -0.4 is 16.8 Å². The number of nitrogens with two attached hydrogens (primary N) is 2. The molecule has 0 spiro atoms. The lowest BCUT2D eigenvalue weighted by Crippen LogP contribution is -2.37. The molecule has 1 rings (SSSR count). The smallest absolute Gasteiger partial charge is 0.236 e. The Morgan fingerprint density at radius 2 is 2.00 bits per heavy atom. The fourth-order valence-electron chi connectivity index (χ4n) is 1.05. The minimum Gasteiger partial charge on any atom is -0.368 e. The van der Waals surface area contributed by atoms with Crippen molar-refractivity contribution >= 4 is 17.7 Å². The monoisotopic (exact) mass is 200 g/mol. The third-order valence-corrected chi connectivity index (χ3v) is 1.85. The van der Waals surface area contributed by atoms with Crippen LogP contribution >= 0.6 is 0 Å². The Morgan fingerprint density at radius 3 is 2.43 bits per heavy atom. The Bertz CT molecular complexity index is 278. The van der Waals surface area contributed by atoms with Gasteiger partial charge in [-0.05, 0) is 0 Å². The van der Waals surface area contributed by atoms with Crippen LogP contribution in [0.3, 0.4) is 0 Å². The van der Waals surface area contributed by atoms with Gasteiger partial charge in [-0.1, -0.05) is 0 Å². The first kappa shape index (κ1) is 10.5. The molecule has 14 heavy (non-hydrogen) atoms. The first-order valence-electron chi connectivity index (χ1n) is 4.09. The van der Waals surface area contributed by atoms with E-state index < -0.39 is 11.8 Å². The number of hydrogen-bond donors (Lipinski definition) is 3. The first-order valence-corrected chi connectivity index (χ1v) is 4.09. The maximum absolute atomic E-state index is 11.1. The highest BCUT2D eigenvalue weighted by Crippen LogP contribution is 2.14. The van der Waals surface area contributed by atoms with Gasteiger partial charge in [-0.2, -0.15) is 0 Å². The summed E-state index contributed by atoms with van der Waals surface area (Å²) in [6, 6.07) is -0.339. The number of hydrogen-bond acceptors (Lipinski definition) is 4. The Balaban J connectivity index is 2.17. The van der Waals surface area contributed by atoms with E-state index in [1.807, 2.05) is 0 Å². The van der Waals surface area contributed by atoms with E-state index in [2.05, 4.69) is 5.32 Å². The van der Waals surface area contributed by atoms with Gasteiger partial charge >= 0.3 is 0 Å². The maximum atomic E-state index is 11.1. The van der Waals surface area contributed by atoms with Crippen molar-refractivity contribution in [3.8, 4) is 0 Å². The summed E-state index contributed by atoms with van der Waals surface area (Å²) in [5, 5.41) is 2.31. The predicted molar refractivity (Wildman–Crippen MR) is 46.8 cm³/mol. The molecular weight excluding hydrogens is 188 g/mol. The van der Waals surface area contributed by atoms with Gasteiger partial charge in [0.15, 0.2) is 0 Å². The summed E-state index contributed by atoms with van der Waals surface area (Å²) < 4.78 is 0. The van der Waals surface area contributed by atoms with Crippen molar-refractivity contribution in [2.75, 3.05) is 19.6 Å². The molecule has 0 saturated carbocycles. The molecule has 2 unspecified atom stereocenters. The van der Waals surface area contributed by atoms with Crippen LogP contribution in [0.15, 0.2) is 0 Å². The molecule has 7 heteroatoms. The van der Waals surface area contributed by atoms with Crippen molar-refractivity contribution in [3.05, 3.63) is 0 Å². The van der Waals surface area contributed by atoms with Crippen LogP contribution in [0.4, 0.5) is 0 Å². The van der Waals surface area contributed by atoms with E-state index in [4.69, 9.17) is 11.5 Å². The van der Waals surface area contributed by atoms with Crippen LogP contribution in [0.2, 0.25) is 0 Å². The molecule has 1 aliphatic heterocycles. The zero-order chi connectivity index (χ0) is 10.7. The number of nitrogens with zero attached hydrogens (tertiary/aromatic N) is 1. The zero-order valence-corrected chi connectivity index (χ0v) is 7.53. The summed E-state index contributed by atoms with van der Waals surface area (Å²) in [5.41, 5.74) is 9.82. The Hall–Kier alpha value is -1.63. The second-order valence-electron chi connectivity index (χ2n) is 3.09. The zero-order valence-electron chi connectivity index (χ0n) is 7.53. The molecule has 0 radical (unpaired) electrons. The molecule has 5 N–H and O–H groups in total. The molecule has 0 bridgehead atoms. The van der Waals surface area contributed by atoms with Crippen molar-refractivity contribution in [2.45, 2.75) is 6.04 Å². The minimum atomic E-state index is -0.601. The van der Waals surface area contributed by atoms with Crippen molar-refractivity contribution < 1.29 is 14.4 Å². The fraction of sp³-hybridized carbons (Fsp3) is 0.571. The topological polar surface area (TPSA) is 118 Å². The highest BCUT2D eigenvalue weighted by Gasteiger charge is 2.39. The van der Waals surface area contributed by atoms with Crippen LogP contribution in [0.1, 0.15) is 0 Å². The lowest BCUT2D eigenvalue weighted by atomic mass is 10.4. The molecular formula is C7H12N4O3. The van der Waals surface area contributed by atoms with Crippen molar-refractivity contribution in [1.82, 2.24) is 10.2 Å². The van der Waals surface area contributed by atoms with E-state index in [0.29, 0.717) is 6.54 Å². The molecule has 0 aliphatic carbocycles. The van der Waals surface area contributed by atoms with Gasteiger partial charge in [0.2, 0.25) is 17.7 Å². The van der Waals surface area contributed by atoms with Gasteiger partial charge in [0, 0.05) is 6.54 Å². The molecule has 1 fully saturated rings. The van der Waals surface area contributed by atoms with Gasteiger partial charge in [-0.3, -0.25) is 19.3 Å². The number of nitrogens with one attached hydrogen (secondary N) is 1. The summed E-state index contributed by atoms with van der Waals surface area (Å²) in [7, 11) is 0. The average Bonchev–Trinajstić information content (AvgIpc) is 2.80. The summed E-state index contributed by atoms with van der Waals surface area (Å²) >= 11 is 0. The average molecular weight is 200 g/mol. The van der Waals surface area contributed by atoms with E-state index in [9.17, 15) is 14.4 Å². The molecule has 1 aliphatic rings. The van der Waals surface area contributed by atoms with Crippen molar-refractivity contribution in [2.24, 2.45) is 11.5 Å². The normalized spacial score (nSPS) is 24.0. The SMILES string of the molecule is NC(=O)CNC(=O)CN1CC1C(N)=O. The molecule has 7 nitrogen and oxygen atoms in total. The van der Waals surface area contributed by atoms with E-state index in [0.717, 1.165) is 0 Å². The number of carbonyl (C=O) groups is 3. The summed E-state index contributed by atoms with van der Waals surface area (Å²) in [6.45, 7) is 0.383. The quantitative estimate of drug-likeness (QED) is 0.404. The van der Waals surface area contributed by atoms with Crippen LogP contribution in [-0.2, 0) is 14.4 Å². The van der Waals surface area contributed by atoms with E-state index in [-0.39, 0.29) is 25.0 Å². The highest BCUT2D eigenvalue weighted by atomic mass is 16.2. The minimum absolute atomic E-state index is 0.0703. The van der Waals surface area contributed by atoms with Crippen LogP contribution in [0, 0.1) is 0 Å². The summed E-state index contributed by atoms with van der Waals surface area (Å²) in [6.07, 6.45) is 0. The van der Waals surface area contributed by atoms with E-state index >= 15 is 0 Å². The number of rotatable bonds is 5. The Labute approximate surface area is 80.4 Å². The third-order valence-electron chi connectivity index (χ3n) is 1.85. The van der Waals surface area contributed by atoms with Gasteiger partial charge in [0.05, 0.1) is 13.1 Å². The van der Waals surface area contributed by atoms with Crippen LogP contribution in [-0.4, -0.2) is 48.3 Å². The van der Waals surface area contributed by atoms with Crippen molar-refractivity contribution in [1.29, 1.82) is 0 Å². The van der Waals surface area contributed by atoms with E-state index in [1.165, 1.54) is 0 Å². The fourth-order valence-corrected chi connectivity index (χ4v) is 1.05. The standard InChI is InChI=1S/C7H12N4O3/c8-5(12)1-10-6(13)3-11-2-4(11)7(9)14/h4H,1-3H2,(H2,8,12)(H2,9,14)(H,10,13). The largest absolute Gasteiger partial charge is 0.368 e. The molecule has 3 amide bonds. The predicted octanol–water partition coefficient (Wildman–Crippen LogP) is -3.24. The van der Waals surface area contributed by atoms with Crippen LogP contribution in [0.5, 0.6) is 0 Å². The number of primary amides is 2. The van der Waals surface area contributed by atoms with Crippen molar-refractivity contribution in [3.63, 3.8) is 0 Å². The summed E-state index contributed by atoms with van der Waals surface area (Å²) in [4.78, 5) is 33.5. The van der Waals surface area contributed by atoms with Gasteiger partial charge in [-0.15, -0.1) is 0 Å². The molecule has 0 aromatic heterocycles. The van der Waals surface area contributed by atoms with Gasteiger partial charge in [0.1, 0.15) is 6.04 Å². The molecule has 1 saturated heterocycles. The second kappa shape index (κ2) is 4.05. The Morgan fingerprint density at radius 1 is 1.36 bits per heavy atom. The maximum Gasteiger partial charge on any atom is 0.236 e. The molecule has 2 atom stereocenters. The molecule has 1 heterocycles. The first-order chi connectivity index (χ1) is 6.50. The number of carbonyl (C=O) groups excluding carboxylic acids is 3. The second-order valence-corrected chi connectivity index (χ2v) is 3.09. The molecule has 0 aromatic carbocycles. The Kier molecular flexibility index (Phi) is 3.03. The van der Waals surface area contributed by atoms with Gasteiger partial charge in [-0.25, -0.2) is 0 Å². The van der Waals surface area contributed by atoms with E-state index in [1.54, 1.807) is 4.90 Å². The lowest BCUT2D eigenvalue weighted by Gasteiger charge is -2.02. The van der Waals surface area contributed by atoms with Crippen LogP contribution in [0.25, 0.3) is 0 Å². The molecule has 0 aromatic rings.